The average molecular weight is 322 g/mol. The van der Waals surface area contributed by atoms with Gasteiger partial charge in [-0.15, -0.1) is 0 Å². The van der Waals surface area contributed by atoms with Gasteiger partial charge in [-0.1, -0.05) is 40.2 Å². The topological polar surface area (TPSA) is 38.3 Å². The molecule has 2 aromatic rings. The number of nitrogens with one attached hydrogen (secondary N) is 1. The Morgan fingerprint density at radius 2 is 1.89 bits per heavy atom. The van der Waals surface area contributed by atoms with Crippen LogP contribution in [-0.2, 0) is 9.53 Å². The molecule has 0 heterocycles. The van der Waals surface area contributed by atoms with Gasteiger partial charge in [0.05, 0.1) is 6.10 Å². The maximum atomic E-state index is 11.8. The quantitative estimate of drug-likeness (QED) is 0.925. The Labute approximate surface area is 121 Å². The van der Waals surface area contributed by atoms with Crippen LogP contribution in [0.15, 0.2) is 40.9 Å². The number of hydrogen-bond donors (Lipinski definition) is 1. The van der Waals surface area contributed by atoms with Gasteiger partial charge >= 0.3 is 0 Å². The van der Waals surface area contributed by atoms with Gasteiger partial charge in [-0.05, 0) is 31.4 Å². The molecule has 19 heavy (non-hydrogen) atoms. The lowest BCUT2D eigenvalue weighted by molar-refractivity contribution is -0.121. The molecule has 0 spiro atoms. The van der Waals surface area contributed by atoms with Crippen LogP contribution in [0, 0.1) is 0 Å². The monoisotopic (exact) mass is 321 g/mol. The first-order chi connectivity index (χ1) is 9.08. The molecule has 0 fully saturated rings. The number of carbonyl (C=O) groups is 1. The van der Waals surface area contributed by atoms with Gasteiger partial charge < -0.3 is 10.1 Å². The van der Waals surface area contributed by atoms with E-state index in [9.17, 15) is 4.79 Å². The van der Waals surface area contributed by atoms with Gasteiger partial charge in [0, 0.05) is 15.5 Å². The lowest BCUT2D eigenvalue weighted by atomic mass is 10.1. The van der Waals surface area contributed by atoms with Crippen LogP contribution in [0.1, 0.15) is 13.8 Å². The average Bonchev–Trinajstić information content (AvgIpc) is 2.40. The van der Waals surface area contributed by atoms with Gasteiger partial charge in [0.1, 0.15) is 6.61 Å². The number of anilines is 1. The van der Waals surface area contributed by atoms with E-state index in [2.05, 4.69) is 21.2 Å². The van der Waals surface area contributed by atoms with Crippen molar-refractivity contribution in [3.8, 4) is 0 Å². The number of rotatable bonds is 4. The summed E-state index contributed by atoms with van der Waals surface area (Å²) >= 11 is 3.51. The van der Waals surface area contributed by atoms with Crippen LogP contribution >= 0.6 is 15.9 Å². The molecule has 3 nitrogen and oxygen atoms in total. The summed E-state index contributed by atoms with van der Waals surface area (Å²) < 4.78 is 6.30. The maximum Gasteiger partial charge on any atom is 0.250 e. The van der Waals surface area contributed by atoms with Crippen molar-refractivity contribution >= 4 is 38.3 Å². The number of amides is 1. The fourth-order valence-electron chi connectivity index (χ4n) is 1.80. The zero-order valence-electron chi connectivity index (χ0n) is 10.9. The Morgan fingerprint density at radius 1 is 1.21 bits per heavy atom. The van der Waals surface area contributed by atoms with Crippen molar-refractivity contribution in [2.75, 3.05) is 11.9 Å². The predicted molar refractivity (Wildman–Crippen MR) is 81.4 cm³/mol. The van der Waals surface area contributed by atoms with Crippen LogP contribution < -0.4 is 5.32 Å². The summed E-state index contributed by atoms with van der Waals surface area (Å²) in [5.74, 6) is -0.138. The molecule has 1 N–H and O–H groups in total. The van der Waals surface area contributed by atoms with Gasteiger partial charge in [-0.3, -0.25) is 4.79 Å². The lowest BCUT2D eigenvalue weighted by Gasteiger charge is -2.11. The highest BCUT2D eigenvalue weighted by molar-refractivity contribution is 9.10. The predicted octanol–water partition coefficient (Wildman–Crippen LogP) is 3.97. The summed E-state index contributed by atoms with van der Waals surface area (Å²) in [6, 6.07) is 11.7. The van der Waals surface area contributed by atoms with Gasteiger partial charge in [0.25, 0.3) is 0 Å². The van der Waals surface area contributed by atoms with Crippen molar-refractivity contribution in [3.05, 3.63) is 40.9 Å². The fraction of sp³-hybridized carbons (Fsp3) is 0.267. The van der Waals surface area contributed by atoms with Gasteiger partial charge in [0.2, 0.25) is 5.91 Å². The molecule has 2 aromatic carbocycles. The van der Waals surface area contributed by atoms with Gasteiger partial charge in [-0.25, -0.2) is 0 Å². The van der Waals surface area contributed by atoms with Crippen LogP contribution in [0.2, 0.25) is 0 Å². The fourth-order valence-corrected chi connectivity index (χ4v) is 2.28. The Hall–Kier alpha value is -1.39. The van der Waals surface area contributed by atoms with Gasteiger partial charge in [0.15, 0.2) is 0 Å². The highest BCUT2D eigenvalue weighted by atomic mass is 79.9. The third kappa shape index (κ3) is 3.55. The minimum atomic E-state index is -0.138. The Balaban J connectivity index is 2.21. The van der Waals surface area contributed by atoms with E-state index in [1.807, 2.05) is 50.2 Å². The first kappa shape index (κ1) is 14.0. The molecule has 100 valence electrons. The summed E-state index contributed by atoms with van der Waals surface area (Å²) in [5.41, 5.74) is 0.802. The molecule has 0 aliphatic carbocycles. The first-order valence-electron chi connectivity index (χ1n) is 6.16. The number of ether oxygens (including phenoxy) is 1. The van der Waals surface area contributed by atoms with E-state index in [1.165, 1.54) is 0 Å². The van der Waals surface area contributed by atoms with E-state index in [1.54, 1.807) is 0 Å². The number of benzene rings is 2. The Bertz CT molecular complexity index is 596. The third-order valence-corrected chi connectivity index (χ3v) is 3.38. The molecule has 0 unspecified atom stereocenters. The molecule has 0 aliphatic heterocycles. The standard InChI is InChI=1S/C15H16BrNO2/c1-10(2)19-9-15(18)17-14-8-7-13(16)11-5-3-4-6-12(11)14/h3-8,10H,9H2,1-2H3,(H,17,18). The third-order valence-electron chi connectivity index (χ3n) is 2.69. The number of carbonyl (C=O) groups excluding carboxylic acids is 1. The van der Waals surface area contributed by atoms with Crippen LogP contribution in [0.3, 0.4) is 0 Å². The molecular weight excluding hydrogens is 306 g/mol. The SMILES string of the molecule is CC(C)OCC(=O)Nc1ccc(Br)c2ccccc12. The molecule has 2 rings (SSSR count). The van der Waals surface area contributed by atoms with Crippen LogP contribution in [-0.4, -0.2) is 18.6 Å². The number of fused-ring (bicyclic) bond motifs is 1. The zero-order valence-corrected chi connectivity index (χ0v) is 12.5. The lowest BCUT2D eigenvalue weighted by Crippen LogP contribution is -2.20. The highest BCUT2D eigenvalue weighted by Crippen LogP contribution is 2.29. The second kappa shape index (κ2) is 6.17. The van der Waals surface area contributed by atoms with E-state index in [-0.39, 0.29) is 18.6 Å². The Morgan fingerprint density at radius 3 is 2.58 bits per heavy atom. The van der Waals surface area contributed by atoms with E-state index in [4.69, 9.17) is 4.74 Å². The minimum Gasteiger partial charge on any atom is -0.369 e. The molecule has 0 aliphatic rings. The van der Waals surface area contributed by atoms with Crippen molar-refractivity contribution in [1.29, 1.82) is 0 Å². The second-order valence-electron chi connectivity index (χ2n) is 4.55. The molecule has 1 amide bonds. The van der Waals surface area contributed by atoms with Gasteiger partial charge in [-0.2, -0.15) is 0 Å². The summed E-state index contributed by atoms with van der Waals surface area (Å²) in [6.07, 6.45) is 0.0485. The summed E-state index contributed by atoms with van der Waals surface area (Å²) in [4.78, 5) is 11.8. The van der Waals surface area contributed by atoms with Crippen molar-refractivity contribution in [2.45, 2.75) is 20.0 Å². The van der Waals surface area contributed by atoms with Crippen LogP contribution in [0.25, 0.3) is 10.8 Å². The second-order valence-corrected chi connectivity index (χ2v) is 5.40. The normalized spacial score (nSPS) is 10.9. The van der Waals surface area contributed by atoms with E-state index < -0.39 is 0 Å². The van der Waals surface area contributed by atoms with E-state index in [0.717, 1.165) is 20.9 Å². The van der Waals surface area contributed by atoms with E-state index >= 15 is 0 Å². The van der Waals surface area contributed by atoms with Crippen LogP contribution in [0.5, 0.6) is 0 Å². The van der Waals surface area contributed by atoms with Crippen molar-refractivity contribution < 1.29 is 9.53 Å². The molecule has 0 atom stereocenters. The smallest absolute Gasteiger partial charge is 0.250 e. The zero-order chi connectivity index (χ0) is 13.8. The number of hydrogen-bond acceptors (Lipinski definition) is 2. The molecule has 0 saturated heterocycles. The molecule has 0 radical (unpaired) electrons. The molecular formula is C15H16BrNO2. The van der Waals surface area contributed by atoms with Crippen molar-refractivity contribution in [2.24, 2.45) is 0 Å². The molecule has 0 aromatic heterocycles. The summed E-state index contributed by atoms with van der Waals surface area (Å²) in [6.45, 7) is 3.88. The summed E-state index contributed by atoms with van der Waals surface area (Å²) in [7, 11) is 0. The highest BCUT2D eigenvalue weighted by Gasteiger charge is 2.08. The Kier molecular flexibility index (Phi) is 4.56. The van der Waals surface area contributed by atoms with E-state index in [0.29, 0.717) is 0 Å². The largest absolute Gasteiger partial charge is 0.369 e. The number of halogens is 1. The molecule has 0 saturated carbocycles. The minimum absolute atomic E-state index is 0.0485. The first-order valence-corrected chi connectivity index (χ1v) is 6.96. The maximum absolute atomic E-state index is 11.8. The van der Waals surface area contributed by atoms with Crippen molar-refractivity contribution in [1.82, 2.24) is 0 Å². The molecule has 0 bridgehead atoms. The summed E-state index contributed by atoms with van der Waals surface area (Å²) in [5, 5.41) is 4.97. The van der Waals surface area contributed by atoms with Crippen molar-refractivity contribution in [3.63, 3.8) is 0 Å². The van der Waals surface area contributed by atoms with Crippen LogP contribution in [0.4, 0.5) is 5.69 Å². The molecule has 4 heteroatoms.